The van der Waals surface area contributed by atoms with Crippen LogP contribution < -0.4 is 5.32 Å². The molecule has 0 atom stereocenters. The number of nitrogens with one attached hydrogen (secondary N) is 1. The topological polar surface area (TPSA) is 64.7 Å². The fourth-order valence-corrected chi connectivity index (χ4v) is 2.82. The fourth-order valence-electron chi connectivity index (χ4n) is 2.38. The molecule has 2 aromatic heterocycles. The van der Waals surface area contributed by atoms with E-state index in [0.717, 1.165) is 5.56 Å². The predicted octanol–water partition coefficient (Wildman–Crippen LogP) is 3.53. The first-order valence-electron chi connectivity index (χ1n) is 7.23. The third kappa shape index (κ3) is 3.29. The molecule has 0 radical (unpaired) electrons. The quantitative estimate of drug-likeness (QED) is 0.770. The van der Waals surface area contributed by atoms with Crippen molar-refractivity contribution < 1.29 is 4.79 Å². The number of aryl methyl sites for hydroxylation is 2. The van der Waals surface area contributed by atoms with Gasteiger partial charge >= 0.3 is 0 Å². The van der Waals surface area contributed by atoms with E-state index in [1.54, 1.807) is 24.9 Å². The van der Waals surface area contributed by atoms with Crippen LogP contribution in [0.5, 0.6) is 0 Å². The van der Waals surface area contributed by atoms with Gasteiger partial charge in [-0.3, -0.25) is 14.2 Å². The summed E-state index contributed by atoms with van der Waals surface area (Å²) in [7, 11) is 1.66. The van der Waals surface area contributed by atoms with Crippen LogP contribution in [0.3, 0.4) is 0 Å². The Morgan fingerprint density at radius 1 is 1.21 bits per heavy atom. The second kappa shape index (κ2) is 6.67. The third-order valence-electron chi connectivity index (χ3n) is 3.50. The molecule has 0 saturated carbocycles. The van der Waals surface area contributed by atoms with Crippen molar-refractivity contribution in [3.05, 3.63) is 63.5 Å². The van der Waals surface area contributed by atoms with Gasteiger partial charge in [-0.1, -0.05) is 53.5 Å². The summed E-state index contributed by atoms with van der Waals surface area (Å²) < 4.78 is 3.10. The number of halogens is 2. The predicted molar refractivity (Wildman–Crippen MR) is 93.7 cm³/mol. The van der Waals surface area contributed by atoms with Gasteiger partial charge in [-0.2, -0.15) is 10.2 Å². The van der Waals surface area contributed by atoms with Crippen LogP contribution in [0.4, 0.5) is 5.82 Å². The van der Waals surface area contributed by atoms with E-state index in [2.05, 4.69) is 15.5 Å². The second-order valence-corrected chi connectivity index (χ2v) is 6.12. The van der Waals surface area contributed by atoms with Crippen LogP contribution in [0.2, 0.25) is 10.0 Å². The number of carbonyl (C=O) groups is 1. The molecule has 124 valence electrons. The van der Waals surface area contributed by atoms with Crippen LogP contribution in [-0.2, 0) is 13.6 Å². The van der Waals surface area contributed by atoms with E-state index in [1.165, 1.54) is 4.68 Å². The van der Waals surface area contributed by atoms with E-state index >= 15 is 0 Å². The van der Waals surface area contributed by atoms with Crippen molar-refractivity contribution in [1.82, 2.24) is 19.6 Å². The maximum atomic E-state index is 12.4. The highest BCUT2D eigenvalue weighted by Gasteiger charge is 2.20. The minimum atomic E-state index is -0.407. The van der Waals surface area contributed by atoms with E-state index in [-0.39, 0.29) is 11.5 Å². The van der Waals surface area contributed by atoms with Gasteiger partial charge in [-0.25, -0.2) is 0 Å². The summed E-state index contributed by atoms with van der Waals surface area (Å²) in [6.07, 6.45) is 1.67. The Kier molecular flexibility index (Phi) is 4.59. The van der Waals surface area contributed by atoms with Crippen LogP contribution in [0.25, 0.3) is 0 Å². The second-order valence-electron chi connectivity index (χ2n) is 5.33. The normalized spacial score (nSPS) is 10.8. The Hall–Kier alpha value is -2.31. The van der Waals surface area contributed by atoms with E-state index < -0.39 is 5.91 Å². The lowest BCUT2D eigenvalue weighted by Gasteiger charge is -2.04. The van der Waals surface area contributed by atoms with Crippen molar-refractivity contribution >= 4 is 34.9 Å². The highest BCUT2D eigenvalue weighted by molar-refractivity contribution is 6.35. The van der Waals surface area contributed by atoms with Gasteiger partial charge in [0.05, 0.1) is 17.3 Å². The zero-order valence-corrected chi connectivity index (χ0v) is 14.6. The first kappa shape index (κ1) is 16.5. The van der Waals surface area contributed by atoms with Crippen LogP contribution in [0.15, 0.2) is 36.5 Å². The molecule has 0 unspecified atom stereocenters. The van der Waals surface area contributed by atoms with Crippen molar-refractivity contribution in [3.63, 3.8) is 0 Å². The summed E-state index contributed by atoms with van der Waals surface area (Å²) in [6, 6.07) is 9.84. The molecule has 0 spiro atoms. The van der Waals surface area contributed by atoms with Gasteiger partial charge in [0, 0.05) is 13.2 Å². The van der Waals surface area contributed by atoms with Crippen LogP contribution in [-0.4, -0.2) is 25.5 Å². The summed E-state index contributed by atoms with van der Waals surface area (Å²) in [5, 5.41) is 11.8. The molecular weight excluding hydrogens is 349 g/mol. The standard InChI is InChI=1S/C16H15Cl2N5O/c1-10-13(18)14(22(2)20-10)16(24)19-15-12(17)9-23(21-15)8-11-6-4-3-5-7-11/h3-7,9H,8H2,1-2H3,(H,19,21,24). The molecular formula is C16H15Cl2N5O. The van der Waals surface area contributed by atoms with Gasteiger partial charge in [-0.15, -0.1) is 0 Å². The van der Waals surface area contributed by atoms with Gasteiger partial charge in [0.1, 0.15) is 10.7 Å². The smallest absolute Gasteiger partial charge is 0.276 e. The number of carbonyl (C=O) groups excluding carboxylic acids is 1. The summed E-state index contributed by atoms with van der Waals surface area (Å²) in [5.74, 6) is -0.123. The molecule has 2 heterocycles. The lowest BCUT2D eigenvalue weighted by Crippen LogP contribution is -2.17. The zero-order chi connectivity index (χ0) is 17.3. The minimum absolute atomic E-state index is 0.267. The molecule has 0 aliphatic rings. The van der Waals surface area contributed by atoms with Gasteiger partial charge in [0.25, 0.3) is 5.91 Å². The van der Waals surface area contributed by atoms with Gasteiger partial charge in [-0.05, 0) is 12.5 Å². The summed E-state index contributed by atoms with van der Waals surface area (Å²) in [4.78, 5) is 12.4. The molecule has 6 nitrogen and oxygen atoms in total. The summed E-state index contributed by atoms with van der Waals surface area (Å²) in [6.45, 7) is 2.29. The number of hydrogen-bond donors (Lipinski definition) is 1. The summed E-state index contributed by atoms with van der Waals surface area (Å²) in [5.41, 5.74) is 1.94. The number of nitrogens with zero attached hydrogens (tertiary/aromatic N) is 4. The number of benzene rings is 1. The van der Waals surface area contributed by atoms with E-state index in [9.17, 15) is 4.79 Å². The molecule has 24 heavy (non-hydrogen) atoms. The molecule has 0 aliphatic carbocycles. The first-order valence-corrected chi connectivity index (χ1v) is 7.98. The minimum Gasteiger partial charge on any atom is -0.302 e. The van der Waals surface area contributed by atoms with Crippen LogP contribution in [0, 0.1) is 6.92 Å². The van der Waals surface area contributed by atoms with E-state index in [0.29, 0.717) is 22.3 Å². The fraction of sp³-hybridized carbons (Fsp3) is 0.188. The van der Waals surface area contributed by atoms with Crippen molar-refractivity contribution in [2.75, 3.05) is 5.32 Å². The Labute approximate surface area is 149 Å². The SMILES string of the molecule is Cc1nn(C)c(C(=O)Nc2nn(Cc3ccccc3)cc2Cl)c1Cl. The lowest BCUT2D eigenvalue weighted by molar-refractivity contribution is 0.101. The van der Waals surface area contributed by atoms with Gasteiger partial charge < -0.3 is 5.32 Å². The van der Waals surface area contributed by atoms with E-state index in [4.69, 9.17) is 23.2 Å². The van der Waals surface area contributed by atoms with Crippen molar-refractivity contribution in [1.29, 1.82) is 0 Å². The van der Waals surface area contributed by atoms with Crippen molar-refractivity contribution in [2.24, 2.45) is 7.05 Å². The molecule has 0 fully saturated rings. The number of rotatable bonds is 4. The highest BCUT2D eigenvalue weighted by atomic mass is 35.5. The number of aromatic nitrogens is 4. The average molecular weight is 364 g/mol. The molecule has 1 aromatic carbocycles. The average Bonchev–Trinajstić information content (AvgIpc) is 2.99. The van der Waals surface area contributed by atoms with Crippen molar-refractivity contribution in [3.8, 4) is 0 Å². The van der Waals surface area contributed by atoms with Gasteiger partial charge in [0.15, 0.2) is 5.82 Å². The number of anilines is 1. The Balaban J connectivity index is 1.79. The molecule has 1 amide bonds. The molecule has 0 bridgehead atoms. The molecule has 3 rings (SSSR count). The molecule has 0 aliphatic heterocycles. The Morgan fingerprint density at radius 3 is 2.54 bits per heavy atom. The van der Waals surface area contributed by atoms with Gasteiger partial charge in [0.2, 0.25) is 0 Å². The number of amides is 1. The third-order valence-corrected chi connectivity index (χ3v) is 4.23. The Morgan fingerprint density at radius 2 is 1.92 bits per heavy atom. The summed E-state index contributed by atoms with van der Waals surface area (Å²) >= 11 is 12.3. The van der Waals surface area contributed by atoms with Crippen LogP contribution >= 0.6 is 23.2 Å². The maximum absolute atomic E-state index is 12.4. The van der Waals surface area contributed by atoms with Crippen LogP contribution in [0.1, 0.15) is 21.7 Å². The Bertz CT molecular complexity index is 886. The highest BCUT2D eigenvalue weighted by Crippen LogP contribution is 2.24. The lowest BCUT2D eigenvalue weighted by atomic mass is 10.2. The monoisotopic (exact) mass is 363 g/mol. The first-order chi connectivity index (χ1) is 11.5. The van der Waals surface area contributed by atoms with Crippen molar-refractivity contribution in [2.45, 2.75) is 13.5 Å². The molecule has 1 N–H and O–H groups in total. The largest absolute Gasteiger partial charge is 0.302 e. The maximum Gasteiger partial charge on any atom is 0.276 e. The molecule has 0 saturated heterocycles. The number of hydrogen-bond acceptors (Lipinski definition) is 3. The van der Waals surface area contributed by atoms with E-state index in [1.807, 2.05) is 30.3 Å². The zero-order valence-electron chi connectivity index (χ0n) is 13.1. The molecule has 3 aromatic rings. The molecule has 8 heteroatoms.